The van der Waals surface area contributed by atoms with Gasteiger partial charge in [0.1, 0.15) is 6.61 Å². The number of piperidine rings is 1. The maximum absolute atomic E-state index is 13.6. The highest BCUT2D eigenvalue weighted by molar-refractivity contribution is 6.30. The van der Waals surface area contributed by atoms with Crippen LogP contribution in [0.5, 0.6) is 0 Å². The molecule has 3 aliphatic rings. The number of piperazine rings is 1. The average molecular weight is 742 g/mol. The van der Waals surface area contributed by atoms with Gasteiger partial charge in [0.05, 0.1) is 11.1 Å². The Morgan fingerprint density at radius 1 is 0.712 bits per heavy atom. The molecule has 6 nitrogen and oxygen atoms in total. The molecular formula is C39H34ClF6N3O3. The van der Waals surface area contributed by atoms with Gasteiger partial charge in [-0.15, -0.1) is 0 Å². The van der Waals surface area contributed by atoms with E-state index in [-0.39, 0.29) is 43.6 Å². The van der Waals surface area contributed by atoms with Crippen molar-refractivity contribution in [3.63, 3.8) is 0 Å². The summed E-state index contributed by atoms with van der Waals surface area (Å²) in [7, 11) is 0. The first-order valence-electron chi connectivity index (χ1n) is 17.0. The van der Waals surface area contributed by atoms with E-state index < -0.39 is 41.0 Å². The third-order valence-corrected chi connectivity index (χ3v) is 10.6. The van der Waals surface area contributed by atoms with Crippen molar-refractivity contribution in [3.8, 4) is 11.1 Å². The Hall–Kier alpha value is -4.55. The van der Waals surface area contributed by atoms with Crippen molar-refractivity contribution in [2.75, 3.05) is 45.9 Å². The summed E-state index contributed by atoms with van der Waals surface area (Å²) in [5, 5.41) is 0.490. The lowest BCUT2D eigenvalue weighted by atomic mass is 9.84. The Morgan fingerprint density at radius 2 is 1.27 bits per heavy atom. The number of amides is 2. The molecule has 2 atom stereocenters. The van der Waals surface area contributed by atoms with Gasteiger partial charge in [0, 0.05) is 67.7 Å². The molecule has 2 aliphatic heterocycles. The van der Waals surface area contributed by atoms with Crippen LogP contribution in [0.1, 0.15) is 56.4 Å². The van der Waals surface area contributed by atoms with Crippen LogP contribution in [0.15, 0.2) is 91.0 Å². The number of carbonyl (C=O) groups is 2. The molecule has 13 heteroatoms. The lowest BCUT2D eigenvalue weighted by molar-refractivity contribution is -0.143. The van der Waals surface area contributed by atoms with Crippen molar-refractivity contribution in [2.24, 2.45) is 0 Å². The number of likely N-dealkylation sites (tertiary alicyclic amines) is 1. The molecule has 52 heavy (non-hydrogen) atoms. The van der Waals surface area contributed by atoms with Crippen LogP contribution in [0.3, 0.4) is 0 Å². The monoisotopic (exact) mass is 741 g/mol. The molecule has 0 bridgehead atoms. The Bertz CT molecular complexity index is 1880. The van der Waals surface area contributed by atoms with E-state index in [0.29, 0.717) is 49.8 Å². The lowest BCUT2D eigenvalue weighted by Crippen LogP contribution is -2.57. The molecule has 0 unspecified atom stereocenters. The molecule has 7 rings (SSSR count). The highest BCUT2D eigenvalue weighted by atomic mass is 35.5. The molecule has 0 N–H and O–H groups in total. The largest absolute Gasteiger partial charge is 0.448 e. The van der Waals surface area contributed by atoms with Crippen LogP contribution < -0.4 is 0 Å². The van der Waals surface area contributed by atoms with Gasteiger partial charge >= 0.3 is 18.4 Å². The standard InChI is InChI=1S/C39H34ClF6N3O3/c40-28-11-9-24(10-12-28)33-22-49(36(50)25-19-26(38(41,42)43)21-27(20-25)39(44,45)46)14-13-35(33)47-15-17-48(18-16-47)37(51)52-23-34-31-7-3-1-5-29(31)30-6-2-4-8-32(30)34/h1-12,19-21,33-35H,13-18,22-23H2/t33-,35-/m1/s1. The third-order valence-electron chi connectivity index (χ3n) is 10.4. The molecule has 2 heterocycles. The smallest absolute Gasteiger partial charge is 0.416 e. The number of fused-ring (bicyclic) bond motifs is 3. The zero-order valence-electron chi connectivity index (χ0n) is 27.8. The molecule has 0 radical (unpaired) electrons. The number of alkyl halides is 6. The van der Waals surface area contributed by atoms with Gasteiger partial charge in [-0.25, -0.2) is 4.79 Å². The normalized spacial score (nSPS) is 19.7. The highest BCUT2D eigenvalue weighted by Crippen LogP contribution is 2.45. The quantitative estimate of drug-likeness (QED) is 0.192. The Kier molecular flexibility index (Phi) is 9.73. The van der Waals surface area contributed by atoms with Crippen molar-refractivity contribution >= 4 is 23.6 Å². The minimum Gasteiger partial charge on any atom is -0.448 e. The Labute approximate surface area is 301 Å². The van der Waals surface area contributed by atoms with Gasteiger partial charge in [0.25, 0.3) is 5.91 Å². The van der Waals surface area contributed by atoms with Gasteiger partial charge in [-0.1, -0.05) is 72.3 Å². The minimum absolute atomic E-state index is 0.0156. The second kappa shape index (κ2) is 14.1. The number of rotatable bonds is 5. The Morgan fingerprint density at radius 3 is 1.83 bits per heavy atom. The molecule has 272 valence electrons. The Balaban J connectivity index is 1.03. The fourth-order valence-corrected chi connectivity index (χ4v) is 7.91. The SMILES string of the molecule is O=C(OCC1c2ccccc2-c2ccccc21)N1CCN([C@@H]2CCN(C(=O)c3cc(C(F)(F)F)cc(C(F)(F)F)c3)C[C@@H]2c2ccc(Cl)cc2)CC1. The summed E-state index contributed by atoms with van der Waals surface area (Å²) in [5.41, 5.74) is 1.58. The molecule has 4 aromatic rings. The van der Waals surface area contributed by atoms with Gasteiger partial charge in [0.2, 0.25) is 0 Å². The van der Waals surface area contributed by atoms with Crippen LogP contribution in [0.2, 0.25) is 5.02 Å². The summed E-state index contributed by atoms with van der Waals surface area (Å²) in [6, 6.07) is 24.1. The topological polar surface area (TPSA) is 53.1 Å². The minimum atomic E-state index is -5.07. The van der Waals surface area contributed by atoms with E-state index in [2.05, 4.69) is 29.2 Å². The number of benzene rings is 4. The van der Waals surface area contributed by atoms with E-state index in [1.807, 2.05) is 36.4 Å². The maximum Gasteiger partial charge on any atom is 0.416 e. The number of halogens is 7. The molecule has 1 aliphatic carbocycles. The first-order chi connectivity index (χ1) is 24.8. The second-order valence-corrected chi connectivity index (χ2v) is 13.8. The maximum atomic E-state index is 13.6. The van der Waals surface area contributed by atoms with Gasteiger partial charge < -0.3 is 14.5 Å². The molecule has 0 spiro atoms. The number of carbonyl (C=O) groups excluding carboxylic acids is 2. The first kappa shape index (κ1) is 35.8. The van der Waals surface area contributed by atoms with Crippen LogP contribution in [-0.2, 0) is 17.1 Å². The van der Waals surface area contributed by atoms with Gasteiger partial charge in [-0.2, -0.15) is 26.3 Å². The molecule has 2 amide bonds. The number of ether oxygens (including phenoxy) is 1. The van der Waals surface area contributed by atoms with E-state index in [9.17, 15) is 35.9 Å². The van der Waals surface area contributed by atoms with Crippen LogP contribution in [0, 0.1) is 0 Å². The summed E-state index contributed by atoms with van der Waals surface area (Å²) in [5.74, 6) is -1.31. The molecule has 0 saturated carbocycles. The predicted molar refractivity (Wildman–Crippen MR) is 183 cm³/mol. The molecule has 2 saturated heterocycles. The first-order valence-corrected chi connectivity index (χ1v) is 17.3. The zero-order chi connectivity index (χ0) is 36.8. The van der Waals surface area contributed by atoms with E-state index in [0.717, 1.165) is 27.8 Å². The molecule has 2 fully saturated rings. The summed E-state index contributed by atoms with van der Waals surface area (Å²) in [6.45, 7) is 2.20. The summed E-state index contributed by atoms with van der Waals surface area (Å²) < 4.78 is 87.3. The molecule has 0 aromatic heterocycles. The van der Waals surface area contributed by atoms with Gasteiger partial charge in [-0.3, -0.25) is 9.69 Å². The van der Waals surface area contributed by atoms with Crippen LogP contribution in [0.4, 0.5) is 31.1 Å². The van der Waals surface area contributed by atoms with Crippen molar-refractivity contribution < 1.29 is 40.7 Å². The van der Waals surface area contributed by atoms with Crippen molar-refractivity contribution in [1.29, 1.82) is 0 Å². The number of hydrogen-bond donors (Lipinski definition) is 0. The molecule has 4 aromatic carbocycles. The number of nitrogens with zero attached hydrogens (tertiary/aromatic N) is 3. The van der Waals surface area contributed by atoms with E-state index >= 15 is 0 Å². The van der Waals surface area contributed by atoms with Crippen molar-refractivity contribution in [2.45, 2.75) is 36.7 Å². The van der Waals surface area contributed by atoms with E-state index in [4.69, 9.17) is 16.3 Å². The molecular weight excluding hydrogens is 708 g/mol. The average Bonchev–Trinajstić information content (AvgIpc) is 3.46. The fraction of sp³-hybridized carbons (Fsp3) is 0.333. The summed E-state index contributed by atoms with van der Waals surface area (Å²) in [4.78, 5) is 32.1. The summed E-state index contributed by atoms with van der Waals surface area (Å²) in [6.07, 6.45) is -10.1. The second-order valence-electron chi connectivity index (χ2n) is 13.4. The predicted octanol–water partition coefficient (Wildman–Crippen LogP) is 8.94. The van der Waals surface area contributed by atoms with Crippen LogP contribution >= 0.6 is 11.6 Å². The highest BCUT2D eigenvalue weighted by Gasteiger charge is 2.41. The van der Waals surface area contributed by atoms with Crippen molar-refractivity contribution in [1.82, 2.24) is 14.7 Å². The van der Waals surface area contributed by atoms with Gasteiger partial charge in [-0.05, 0) is 64.6 Å². The lowest BCUT2D eigenvalue weighted by Gasteiger charge is -2.46. The van der Waals surface area contributed by atoms with E-state index in [1.54, 1.807) is 17.0 Å². The summed E-state index contributed by atoms with van der Waals surface area (Å²) >= 11 is 6.15. The number of hydrogen-bond acceptors (Lipinski definition) is 4. The zero-order valence-corrected chi connectivity index (χ0v) is 28.5. The van der Waals surface area contributed by atoms with Crippen LogP contribution in [-0.4, -0.2) is 78.6 Å². The van der Waals surface area contributed by atoms with Gasteiger partial charge in [0.15, 0.2) is 0 Å². The van der Waals surface area contributed by atoms with Crippen LogP contribution in [0.25, 0.3) is 11.1 Å². The third kappa shape index (κ3) is 7.23. The van der Waals surface area contributed by atoms with Crippen molar-refractivity contribution in [3.05, 3.63) is 129 Å². The van der Waals surface area contributed by atoms with E-state index in [1.165, 1.54) is 4.90 Å². The fourth-order valence-electron chi connectivity index (χ4n) is 7.78.